The van der Waals surface area contributed by atoms with Crippen LogP contribution in [0.4, 0.5) is 5.69 Å². The summed E-state index contributed by atoms with van der Waals surface area (Å²) in [6.07, 6.45) is 1.38. The SMILES string of the molecule is O=[N+]([O-])c1ccc([O-])c(C[NH+]2CCC[C@H](O)C2)c1. The Morgan fingerprint density at radius 3 is 2.94 bits per heavy atom. The van der Waals surface area contributed by atoms with Gasteiger partial charge in [0.05, 0.1) is 11.5 Å². The molecule has 0 bridgehead atoms. The van der Waals surface area contributed by atoms with Gasteiger partial charge in [0, 0.05) is 17.7 Å². The summed E-state index contributed by atoms with van der Waals surface area (Å²) in [4.78, 5) is 11.3. The van der Waals surface area contributed by atoms with Crippen molar-refractivity contribution in [1.82, 2.24) is 0 Å². The molecule has 1 heterocycles. The van der Waals surface area contributed by atoms with Crippen molar-refractivity contribution in [3.63, 3.8) is 0 Å². The van der Waals surface area contributed by atoms with Crippen molar-refractivity contribution >= 4 is 5.69 Å². The average Bonchev–Trinajstić information content (AvgIpc) is 2.31. The van der Waals surface area contributed by atoms with Crippen LogP contribution in [0.25, 0.3) is 0 Å². The molecule has 0 aliphatic carbocycles. The second-order valence-electron chi connectivity index (χ2n) is 4.73. The summed E-state index contributed by atoms with van der Waals surface area (Å²) in [7, 11) is 0. The first kappa shape index (κ1) is 12.8. The van der Waals surface area contributed by atoms with E-state index in [0.29, 0.717) is 18.7 Å². The van der Waals surface area contributed by atoms with E-state index < -0.39 is 4.92 Å². The van der Waals surface area contributed by atoms with Crippen molar-refractivity contribution in [2.75, 3.05) is 13.1 Å². The quantitative estimate of drug-likeness (QED) is 0.544. The zero-order valence-electron chi connectivity index (χ0n) is 9.96. The van der Waals surface area contributed by atoms with Gasteiger partial charge in [-0.15, -0.1) is 0 Å². The predicted octanol–water partition coefficient (Wildman–Crippen LogP) is -0.792. The Hall–Kier alpha value is -1.66. The van der Waals surface area contributed by atoms with Crippen molar-refractivity contribution in [2.45, 2.75) is 25.5 Å². The third-order valence-corrected chi connectivity index (χ3v) is 3.29. The molecule has 1 saturated heterocycles. The predicted molar refractivity (Wildman–Crippen MR) is 62.2 cm³/mol. The van der Waals surface area contributed by atoms with Gasteiger partial charge in [-0.3, -0.25) is 10.1 Å². The number of aliphatic hydroxyl groups excluding tert-OH is 1. The van der Waals surface area contributed by atoms with Crippen LogP contribution in [0.15, 0.2) is 18.2 Å². The molecule has 18 heavy (non-hydrogen) atoms. The van der Waals surface area contributed by atoms with Crippen molar-refractivity contribution in [1.29, 1.82) is 0 Å². The Labute approximate surface area is 105 Å². The van der Waals surface area contributed by atoms with Crippen LogP contribution in [0.1, 0.15) is 18.4 Å². The first-order valence-corrected chi connectivity index (χ1v) is 6.02. The van der Waals surface area contributed by atoms with Gasteiger partial charge >= 0.3 is 0 Å². The molecule has 0 amide bonds. The van der Waals surface area contributed by atoms with Crippen LogP contribution in [0.5, 0.6) is 5.75 Å². The van der Waals surface area contributed by atoms with Gasteiger partial charge < -0.3 is 15.1 Å². The number of nitro benzene ring substituents is 1. The molecule has 2 N–H and O–H groups in total. The smallest absolute Gasteiger partial charge is 0.269 e. The monoisotopic (exact) mass is 252 g/mol. The number of non-ortho nitro benzene ring substituents is 1. The normalized spacial score (nSPS) is 23.8. The Morgan fingerprint density at radius 2 is 2.28 bits per heavy atom. The zero-order valence-corrected chi connectivity index (χ0v) is 9.96. The highest BCUT2D eigenvalue weighted by atomic mass is 16.6. The van der Waals surface area contributed by atoms with E-state index in [4.69, 9.17) is 0 Å². The second kappa shape index (κ2) is 5.32. The van der Waals surface area contributed by atoms with Crippen molar-refractivity contribution in [3.8, 4) is 5.75 Å². The molecule has 0 saturated carbocycles. The molecule has 1 aliphatic heterocycles. The van der Waals surface area contributed by atoms with Gasteiger partial charge in [-0.05, 0) is 12.8 Å². The highest BCUT2D eigenvalue weighted by Gasteiger charge is 2.21. The number of nitro groups is 1. The van der Waals surface area contributed by atoms with Gasteiger partial charge in [0.1, 0.15) is 19.2 Å². The van der Waals surface area contributed by atoms with E-state index in [0.717, 1.165) is 24.3 Å². The first-order valence-electron chi connectivity index (χ1n) is 6.02. The van der Waals surface area contributed by atoms with Gasteiger partial charge in [-0.2, -0.15) is 0 Å². The van der Waals surface area contributed by atoms with Gasteiger partial charge in [0.15, 0.2) is 0 Å². The molecule has 6 heteroatoms. The minimum absolute atomic E-state index is 0.0541. The Morgan fingerprint density at radius 1 is 1.50 bits per heavy atom. The largest absolute Gasteiger partial charge is 0.872 e. The van der Waals surface area contributed by atoms with Crippen LogP contribution >= 0.6 is 0 Å². The number of hydrogen-bond acceptors (Lipinski definition) is 4. The lowest BCUT2D eigenvalue weighted by atomic mass is 10.1. The summed E-state index contributed by atoms with van der Waals surface area (Å²) in [5, 5.41) is 31.9. The van der Waals surface area contributed by atoms with E-state index in [1.165, 1.54) is 18.2 Å². The molecule has 98 valence electrons. The molecule has 2 rings (SSSR count). The standard InChI is InChI=1S/C12H16N2O4/c15-11-2-1-5-13(8-11)7-9-6-10(14(17)18)3-4-12(9)16/h3-4,6,11,15-16H,1-2,5,7-8H2/t11-/m0/s1. The van der Waals surface area contributed by atoms with Crippen LogP contribution in [-0.4, -0.2) is 29.2 Å². The van der Waals surface area contributed by atoms with Gasteiger partial charge in [0.2, 0.25) is 0 Å². The molecule has 1 aromatic rings. The molecule has 0 aromatic heterocycles. The van der Waals surface area contributed by atoms with Crippen LogP contribution in [-0.2, 0) is 6.54 Å². The number of quaternary nitrogens is 1. The maximum atomic E-state index is 11.7. The maximum Gasteiger partial charge on any atom is 0.269 e. The van der Waals surface area contributed by atoms with Crippen molar-refractivity contribution in [2.24, 2.45) is 0 Å². The van der Waals surface area contributed by atoms with Gasteiger partial charge in [0.25, 0.3) is 5.69 Å². The fraction of sp³-hybridized carbons (Fsp3) is 0.500. The number of piperidine rings is 1. The fourth-order valence-corrected chi connectivity index (χ4v) is 2.37. The Balaban J connectivity index is 2.12. The Kier molecular flexibility index (Phi) is 3.78. The maximum absolute atomic E-state index is 11.7. The molecular weight excluding hydrogens is 236 g/mol. The number of benzene rings is 1. The first-order chi connectivity index (χ1) is 8.56. The van der Waals surface area contributed by atoms with E-state index in [1.807, 2.05) is 0 Å². The number of nitrogens with zero attached hydrogens (tertiary/aromatic N) is 1. The zero-order chi connectivity index (χ0) is 13.1. The molecule has 0 spiro atoms. The molecule has 0 radical (unpaired) electrons. The Bertz CT molecular complexity index is 450. The average molecular weight is 252 g/mol. The summed E-state index contributed by atoms with van der Waals surface area (Å²) in [6, 6.07) is 3.82. The summed E-state index contributed by atoms with van der Waals surface area (Å²) in [5.74, 6) is -0.173. The van der Waals surface area contributed by atoms with E-state index in [2.05, 4.69) is 0 Å². The lowest BCUT2D eigenvalue weighted by Crippen LogP contribution is -3.12. The highest BCUT2D eigenvalue weighted by Crippen LogP contribution is 2.20. The minimum Gasteiger partial charge on any atom is -0.872 e. The molecule has 6 nitrogen and oxygen atoms in total. The van der Waals surface area contributed by atoms with Crippen LogP contribution in [0, 0.1) is 10.1 Å². The van der Waals surface area contributed by atoms with E-state index in [1.54, 1.807) is 0 Å². The van der Waals surface area contributed by atoms with Crippen LogP contribution in [0.2, 0.25) is 0 Å². The lowest BCUT2D eigenvalue weighted by molar-refractivity contribution is -0.922. The van der Waals surface area contributed by atoms with E-state index in [-0.39, 0.29) is 17.5 Å². The van der Waals surface area contributed by atoms with Gasteiger partial charge in [-0.1, -0.05) is 11.8 Å². The topological polar surface area (TPSA) is 90.9 Å². The molecule has 2 atom stereocenters. The van der Waals surface area contributed by atoms with Gasteiger partial charge in [-0.25, -0.2) is 0 Å². The van der Waals surface area contributed by atoms with E-state index >= 15 is 0 Å². The van der Waals surface area contributed by atoms with Crippen LogP contribution < -0.4 is 10.0 Å². The summed E-state index contributed by atoms with van der Waals surface area (Å²) >= 11 is 0. The summed E-state index contributed by atoms with van der Waals surface area (Å²) in [6.45, 7) is 1.93. The second-order valence-corrected chi connectivity index (χ2v) is 4.73. The van der Waals surface area contributed by atoms with Crippen LogP contribution in [0.3, 0.4) is 0 Å². The minimum atomic E-state index is -0.497. The lowest BCUT2D eigenvalue weighted by Gasteiger charge is -2.28. The highest BCUT2D eigenvalue weighted by molar-refractivity contribution is 5.41. The third-order valence-electron chi connectivity index (χ3n) is 3.29. The molecule has 1 aliphatic rings. The summed E-state index contributed by atoms with van der Waals surface area (Å²) < 4.78 is 0. The number of nitrogens with one attached hydrogen (secondary N) is 1. The molecule has 1 unspecified atom stereocenters. The number of aliphatic hydroxyl groups is 1. The summed E-state index contributed by atoms with van der Waals surface area (Å²) in [5.41, 5.74) is 0.398. The number of hydrogen-bond donors (Lipinski definition) is 2. The molecule has 1 fully saturated rings. The fourth-order valence-electron chi connectivity index (χ4n) is 2.37. The third kappa shape index (κ3) is 2.96. The van der Waals surface area contributed by atoms with Crippen molar-refractivity contribution < 1.29 is 20.0 Å². The number of likely N-dealkylation sites (tertiary alicyclic amines) is 1. The van der Waals surface area contributed by atoms with E-state index in [9.17, 15) is 20.3 Å². The van der Waals surface area contributed by atoms with Crippen molar-refractivity contribution in [3.05, 3.63) is 33.9 Å². The number of rotatable bonds is 3. The molecule has 1 aromatic carbocycles. The molecular formula is C12H16N2O4.